The predicted octanol–water partition coefficient (Wildman–Crippen LogP) is 4.77. The SMILES string of the molecule is CCCCCCCCC(=O)N(CC(=O)Nc1ncc(C)s1)C(C)CC. The van der Waals surface area contributed by atoms with Crippen LogP contribution in [0.15, 0.2) is 6.20 Å². The maximum Gasteiger partial charge on any atom is 0.245 e. The van der Waals surface area contributed by atoms with Gasteiger partial charge in [-0.1, -0.05) is 46.0 Å². The molecule has 1 unspecified atom stereocenters. The van der Waals surface area contributed by atoms with Gasteiger partial charge in [0.2, 0.25) is 11.8 Å². The molecular formula is C19H33N3O2S. The Labute approximate surface area is 156 Å². The summed E-state index contributed by atoms with van der Waals surface area (Å²) in [7, 11) is 0. The standard InChI is InChI=1S/C19H33N3O2S/c1-5-7-8-9-10-11-12-18(24)22(15(3)6-2)14-17(23)21-19-20-13-16(4)25-19/h13,15H,5-12,14H2,1-4H3,(H,20,21,23). The van der Waals surface area contributed by atoms with Gasteiger partial charge in [-0.05, 0) is 26.7 Å². The summed E-state index contributed by atoms with van der Waals surface area (Å²) in [6.45, 7) is 8.29. The van der Waals surface area contributed by atoms with Crippen molar-refractivity contribution < 1.29 is 9.59 Å². The Hall–Kier alpha value is -1.43. The number of thiazole rings is 1. The van der Waals surface area contributed by atoms with E-state index in [0.717, 1.165) is 24.1 Å². The second-order valence-electron chi connectivity index (χ2n) is 6.62. The van der Waals surface area contributed by atoms with E-state index in [1.165, 1.54) is 37.0 Å². The summed E-state index contributed by atoms with van der Waals surface area (Å²) in [4.78, 5) is 31.7. The smallest absolute Gasteiger partial charge is 0.245 e. The molecule has 0 fully saturated rings. The first-order chi connectivity index (χ1) is 12.0. The van der Waals surface area contributed by atoms with Crippen molar-refractivity contribution in [3.8, 4) is 0 Å². The van der Waals surface area contributed by atoms with Gasteiger partial charge in [-0.15, -0.1) is 11.3 Å². The van der Waals surface area contributed by atoms with Crippen molar-refractivity contribution >= 4 is 28.3 Å². The van der Waals surface area contributed by atoms with Crippen molar-refractivity contribution in [1.82, 2.24) is 9.88 Å². The lowest BCUT2D eigenvalue weighted by Gasteiger charge is -2.28. The van der Waals surface area contributed by atoms with Gasteiger partial charge in [0.25, 0.3) is 0 Å². The highest BCUT2D eigenvalue weighted by Crippen LogP contribution is 2.17. The lowest BCUT2D eigenvalue weighted by molar-refractivity contribution is -0.136. The van der Waals surface area contributed by atoms with Gasteiger partial charge in [-0.3, -0.25) is 9.59 Å². The molecular weight excluding hydrogens is 334 g/mol. The first-order valence-corrected chi connectivity index (χ1v) is 10.3. The number of carbonyl (C=O) groups excluding carboxylic acids is 2. The summed E-state index contributed by atoms with van der Waals surface area (Å²) >= 11 is 1.44. The Bertz CT molecular complexity index is 530. The number of amides is 2. The topological polar surface area (TPSA) is 62.3 Å². The number of carbonyl (C=O) groups is 2. The van der Waals surface area contributed by atoms with Crippen molar-refractivity contribution in [1.29, 1.82) is 0 Å². The molecule has 142 valence electrons. The normalized spacial score (nSPS) is 12.0. The molecule has 0 aliphatic heterocycles. The Kier molecular flexibility index (Phi) is 10.4. The van der Waals surface area contributed by atoms with Crippen LogP contribution in [0, 0.1) is 6.92 Å². The fourth-order valence-corrected chi connectivity index (χ4v) is 3.32. The van der Waals surface area contributed by atoms with Crippen molar-refractivity contribution in [2.24, 2.45) is 0 Å². The van der Waals surface area contributed by atoms with Crippen LogP contribution < -0.4 is 5.32 Å². The van der Waals surface area contributed by atoms with Gasteiger partial charge < -0.3 is 10.2 Å². The van der Waals surface area contributed by atoms with Crippen LogP contribution in [0.3, 0.4) is 0 Å². The van der Waals surface area contributed by atoms with Crippen LogP contribution in [0.5, 0.6) is 0 Å². The molecule has 2 amide bonds. The third kappa shape index (κ3) is 8.47. The monoisotopic (exact) mass is 367 g/mol. The summed E-state index contributed by atoms with van der Waals surface area (Å²) in [6.07, 6.45) is 10.0. The molecule has 0 aliphatic rings. The van der Waals surface area contributed by atoms with E-state index in [9.17, 15) is 9.59 Å². The molecule has 0 saturated carbocycles. The minimum absolute atomic E-state index is 0.0661. The van der Waals surface area contributed by atoms with Gasteiger partial charge in [-0.2, -0.15) is 0 Å². The van der Waals surface area contributed by atoms with Crippen LogP contribution in [0.4, 0.5) is 5.13 Å². The highest BCUT2D eigenvalue weighted by molar-refractivity contribution is 7.15. The summed E-state index contributed by atoms with van der Waals surface area (Å²) in [6, 6.07) is 0.0661. The zero-order chi connectivity index (χ0) is 18.7. The third-order valence-electron chi connectivity index (χ3n) is 4.37. The molecule has 0 aliphatic carbocycles. The zero-order valence-electron chi connectivity index (χ0n) is 16.1. The number of hydrogen-bond acceptors (Lipinski definition) is 4. The molecule has 1 heterocycles. The van der Waals surface area contributed by atoms with Crippen LogP contribution in [-0.4, -0.2) is 34.3 Å². The molecule has 0 spiro atoms. The summed E-state index contributed by atoms with van der Waals surface area (Å²) < 4.78 is 0. The van der Waals surface area contributed by atoms with Crippen LogP contribution in [-0.2, 0) is 9.59 Å². The molecule has 1 aromatic heterocycles. The first kappa shape index (κ1) is 21.6. The fraction of sp³-hybridized carbons (Fsp3) is 0.737. The molecule has 25 heavy (non-hydrogen) atoms. The third-order valence-corrected chi connectivity index (χ3v) is 5.20. The number of aromatic nitrogens is 1. The molecule has 5 nitrogen and oxygen atoms in total. The van der Waals surface area contributed by atoms with Crippen LogP contribution in [0.2, 0.25) is 0 Å². The molecule has 1 N–H and O–H groups in total. The Morgan fingerprint density at radius 3 is 2.48 bits per heavy atom. The Morgan fingerprint density at radius 1 is 1.20 bits per heavy atom. The average molecular weight is 368 g/mol. The summed E-state index contributed by atoms with van der Waals surface area (Å²) in [5.74, 6) is -0.0961. The lowest BCUT2D eigenvalue weighted by Crippen LogP contribution is -2.43. The zero-order valence-corrected chi connectivity index (χ0v) is 17.0. The predicted molar refractivity (Wildman–Crippen MR) is 105 cm³/mol. The van der Waals surface area contributed by atoms with Gasteiger partial charge in [0.05, 0.1) is 0 Å². The lowest BCUT2D eigenvalue weighted by atomic mass is 10.1. The van der Waals surface area contributed by atoms with Crippen molar-refractivity contribution in [3.63, 3.8) is 0 Å². The molecule has 0 bridgehead atoms. The second-order valence-corrected chi connectivity index (χ2v) is 7.86. The number of anilines is 1. The van der Waals surface area contributed by atoms with Gasteiger partial charge in [0, 0.05) is 23.5 Å². The van der Waals surface area contributed by atoms with E-state index in [0.29, 0.717) is 11.6 Å². The van der Waals surface area contributed by atoms with E-state index in [-0.39, 0.29) is 24.4 Å². The van der Waals surface area contributed by atoms with E-state index in [4.69, 9.17) is 0 Å². The van der Waals surface area contributed by atoms with Gasteiger partial charge in [0.15, 0.2) is 5.13 Å². The van der Waals surface area contributed by atoms with Crippen LogP contribution in [0.1, 0.15) is 77.0 Å². The van der Waals surface area contributed by atoms with E-state index < -0.39 is 0 Å². The molecule has 0 aromatic carbocycles. The minimum Gasteiger partial charge on any atom is -0.331 e. The second kappa shape index (κ2) is 12.0. The van der Waals surface area contributed by atoms with Crippen LogP contribution in [0.25, 0.3) is 0 Å². The molecule has 6 heteroatoms. The number of nitrogens with zero attached hydrogens (tertiary/aromatic N) is 2. The highest BCUT2D eigenvalue weighted by atomic mass is 32.1. The number of rotatable bonds is 12. The van der Waals surface area contributed by atoms with Gasteiger partial charge in [0.1, 0.15) is 6.54 Å². The number of nitrogens with one attached hydrogen (secondary N) is 1. The first-order valence-electron chi connectivity index (χ1n) is 9.49. The van der Waals surface area contributed by atoms with Crippen LogP contribution >= 0.6 is 11.3 Å². The quantitative estimate of drug-likeness (QED) is 0.541. The largest absolute Gasteiger partial charge is 0.331 e. The van der Waals surface area contributed by atoms with E-state index in [1.54, 1.807) is 11.1 Å². The molecule has 1 rings (SSSR count). The Morgan fingerprint density at radius 2 is 1.88 bits per heavy atom. The van der Waals surface area contributed by atoms with Crippen molar-refractivity contribution in [2.45, 2.75) is 85.1 Å². The van der Waals surface area contributed by atoms with Crippen molar-refractivity contribution in [3.05, 3.63) is 11.1 Å². The summed E-state index contributed by atoms with van der Waals surface area (Å²) in [5, 5.41) is 3.38. The van der Waals surface area contributed by atoms with Gasteiger partial charge >= 0.3 is 0 Å². The molecule has 0 saturated heterocycles. The fourth-order valence-electron chi connectivity index (χ4n) is 2.64. The van der Waals surface area contributed by atoms with E-state index in [1.807, 2.05) is 20.8 Å². The maximum atomic E-state index is 12.6. The van der Waals surface area contributed by atoms with E-state index in [2.05, 4.69) is 17.2 Å². The van der Waals surface area contributed by atoms with Crippen molar-refractivity contribution in [2.75, 3.05) is 11.9 Å². The maximum absolute atomic E-state index is 12.6. The molecule has 0 radical (unpaired) electrons. The molecule has 1 aromatic rings. The number of aryl methyl sites for hydroxylation is 1. The van der Waals surface area contributed by atoms with E-state index >= 15 is 0 Å². The average Bonchev–Trinajstić information content (AvgIpc) is 2.99. The van der Waals surface area contributed by atoms with Gasteiger partial charge in [-0.25, -0.2) is 4.98 Å². The Balaban J connectivity index is 2.46. The minimum atomic E-state index is -0.175. The number of unbranched alkanes of at least 4 members (excludes halogenated alkanes) is 5. The number of hydrogen-bond donors (Lipinski definition) is 1. The molecule has 1 atom stereocenters. The summed E-state index contributed by atoms with van der Waals surface area (Å²) in [5.41, 5.74) is 0. The highest BCUT2D eigenvalue weighted by Gasteiger charge is 2.21.